The summed E-state index contributed by atoms with van der Waals surface area (Å²) in [6.07, 6.45) is 0.934. The van der Waals surface area contributed by atoms with Gasteiger partial charge < -0.3 is 14.6 Å². The molecule has 0 saturated heterocycles. The van der Waals surface area contributed by atoms with Crippen molar-refractivity contribution < 1.29 is 19.4 Å². The van der Waals surface area contributed by atoms with E-state index in [-0.39, 0.29) is 11.5 Å². The summed E-state index contributed by atoms with van der Waals surface area (Å²) in [4.78, 5) is 12.0. The molecule has 4 heteroatoms. The topological polar surface area (TPSA) is 55.8 Å². The highest BCUT2D eigenvalue weighted by molar-refractivity contribution is 5.91. The predicted octanol–water partition coefficient (Wildman–Crippen LogP) is 3.18. The van der Waals surface area contributed by atoms with Crippen LogP contribution in [0.5, 0.6) is 17.2 Å². The molecule has 1 N–H and O–H groups in total. The fraction of sp³-hybridized carbons (Fsp3) is 0.188. The van der Waals surface area contributed by atoms with Crippen LogP contribution in [0.2, 0.25) is 0 Å². The fourth-order valence-electron chi connectivity index (χ4n) is 1.76. The third-order valence-electron chi connectivity index (χ3n) is 2.96. The summed E-state index contributed by atoms with van der Waals surface area (Å²) < 4.78 is 10.2. The van der Waals surface area contributed by atoms with Crippen LogP contribution in [0.15, 0.2) is 42.5 Å². The lowest BCUT2D eigenvalue weighted by atomic mass is 10.1. The van der Waals surface area contributed by atoms with E-state index in [9.17, 15) is 9.90 Å². The maximum Gasteiger partial charge on any atom is 0.343 e. The Morgan fingerprint density at radius 1 is 1.15 bits per heavy atom. The Morgan fingerprint density at radius 2 is 1.85 bits per heavy atom. The van der Waals surface area contributed by atoms with Gasteiger partial charge in [-0.25, -0.2) is 4.79 Å². The van der Waals surface area contributed by atoms with Crippen molar-refractivity contribution in [2.75, 3.05) is 7.11 Å². The quantitative estimate of drug-likeness (QED) is 0.686. The molecule has 0 bridgehead atoms. The van der Waals surface area contributed by atoms with Gasteiger partial charge in [-0.3, -0.25) is 0 Å². The summed E-state index contributed by atoms with van der Waals surface area (Å²) in [6, 6.07) is 11.7. The summed E-state index contributed by atoms with van der Waals surface area (Å²) in [7, 11) is 1.42. The molecule has 0 aliphatic rings. The molecule has 0 aliphatic heterocycles. The van der Waals surface area contributed by atoms with E-state index in [1.165, 1.54) is 30.9 Å². The van der Waals surface area contributed by atoms with Gasteiger partial charge in [-0.2, -0.15) is 0 Å². The second-order valence-corrected chi connectivity index (χ2v) is 4.27. The normalized spacial score (nSPS) is 10.1. The molecule has 0 aliphatic carbocycles. The van der Waals surface area contributed by atoms with Gasteiger partial charge in [-0.1, -0.05) is 19.1 Å². The predicted molar refractivity (Wildman–Crippen MR) is 75.4 cm³/mol. The zero-order valence-electron chi connectivity index (χ0n) is 11.4. The minimum absolute atomic E-state index is 0.0173. The number of benzene rings is 2. The minimum atomic E-state index is -0.493. The van der Waals surface area contributed by atoms with Crippen molar-refractivity contribution in [3.8, 4) is 17.2 Å². The number of hydrogen-bond acceptors (Lipinski definition) is 4. The first-order valence-electron chi connectivity index (χ1n) is 6.32. The zero-order chi connectivity index (χ0) is 14.5. The smallest absolute Gasteiger partial charge is 0.343 e. The van der Waals surface area contributed by atoms with Crippen LogP contribution < -0.4 is 9.47 Å². The van der Waals surface area contributed by atoms with Gasteiger partial charge in [0.15, 0.2) is 11.5 Å². The molecule has 2 rings (SSSR count). The highest BCUT2D eigenvalue weighted by Gasteiger charge is 2.12. The van der Waals surface area contributed by atoms with Crippen molar-refractivity contribution in [3.05, 3.63) is 53.6 Å². The summed E-state index contributed by atoms with van der Waals surface area (Å²) in [6.45, 7) is 2.06. The largest absolute Gasteiger partial charge is 0.504 e. The van der Waals surface area contributed by atoms with Crippen molar-refractivity contribution in [1.82, 2.24) is 0 Å². The van der Waals surface area contributed by atoms with Crippen molar-refractivity contribution >= 4 is 5.97 Å². The summed E-state index contributed by atoms with van der Waals surface area (Å²) >= 11 is 0. The van der Waals surface area contributed by atoms with Crippen LogP contribution in [0.25, 0.3) is 0 Å². The number of esters is 1. The third kappa shape index (κ3) is 3.09. The molecule has 0 radical (unpaired) electrons. The lowest BCUT2D eigenvalue weighted by molar-refractivity contribution is 0.0734. The molecule has 104 valence electrons. The number of phenolic OH excluding ortho intramolecular Hbond substituents is 1. The van der Waals surface area contributed by atoms with E-state index < -0.39 is 5.97 Å². The molecule has 20 heavy (non-hydrogen) atoms. The molecule has 0 atom stereocenters. The number of rotatable bonds is 4. The van der Waals surface area contributed by atoms with Gasteiger partial charge in [0.25, 0.3) is 0 Å². The van der Waals surface area contributed by atoms with E-state index in [1.54, 1.807) is 12.1 Å². The lowest BCUT2D eigenvalue weighted by Crippen LogP contribution is -2.08. The molecule has 0 unspecified atom stereocenters. The van der Waals surface area contributed by atoms with Gasteiger partial charge in [-0.15, -0.1) is 0 Å². The van der Waals surface area contributed by atoms with Gasteiger partial charge in [0.05, 0.1) is 12.7 Å². The van der Waals surface area contributed by atoms with Crippen molar-refractivity contribution in [2.45, 2.75) is 13.3 Å². The Balaban J connectivity index is 2.14. The average Bonchev–Trinajstić information content (AvgIpc) is 2.48. The SMILES string of the molecule is CCc1ccc(OC(=O)c2ccc(O)c(OC)c2)cc1. The van der Waals surface area contributed by atoms with E-state index in [0.29, 0.717) is 11.3 Å². The highest BCUT2D eigenvalue weighted by Crippen LogP contribution is 2.26. The number of aryl methyl sites for hydroxylation is 1. The van der Waals surface area contributed by atoms with Crippen LogP contribution in [0, 0.1) is 0 Å². The number of phenols is 1. The molecule has 0 fully saturated rings. The molecular weight excluding hydrogens is 256 g/mol. The van der Waals surface area contributed by atoms with Gasteiger partial charge in [-0.05, 0) is 42.3 Å². The van der Waals surface area contributed by atoms with E-state index >= 15 is 0 Å². The molecule has 0 saturated carbocycles. The molecule has 2 aromatic rings. The fourth-order valence-corrected chi connectivity index (χ4v) is 1.76. The molecule has 0 amide bonds. The van der Waals surface area contributed by atoms with Crippen LogP contribution in [-0.4, -0.2) is 18.2 Å². The Labute approximate surface area is 117 Å². The first-order valence-corrected chi connectivity index (χ1v) is 6.32. The molecule has 0 spiro atoms. The summed E-state index contributed by atoms with van der Waals surface area (Å²) in [5.41, 5.74) is 1.50. The van der Waals surface area contributed by atoms with Gasteiger partial charge >= 0.3 is 5.97 Å². The number of carbonyl (C=O) groups excluding carboxylic acids is 1. The van der Waals surface area contributed by atoms with Crippen LogP contribution in [0.3, 0.4) is 0 Å². The van der Waals surface area contributed by atoms with Gasteiger partial charge in [0.2, 0.25) is 0 Å². The minimum Gasteiger partial charge on any atom is -0.504 e. The Morgan fingerprint density at radius 3 is 2.45 bits per heavy atom. The summed E-state index contributed by atoms with van der Waals surface area (Å²) in [5.74, 6) is 0.212. The molecule has 4 nitrogen and oxygen atoms in total. The number of aromatic hydroxyl groups is 1. The van der Waals surface area contributed by atoms with Crippen LogP contribution in [0.4, 0.5) is 0 Å². The molecule has 0 aromatic heterocycles. The standard InChI is InChI=1S/C16H16O4/c1-3-11-4-7-13(8-5-11)20-16(18)12-6-9-14(17)15(10-12)19-2/h4-10,17H,3H2,1-2H3. The third-order valence-corrected chi connectivity index (χ3v) is 2.96. The van der Waals surface area contributed by atoms with Crippen LogP contribution in [-0.2, 0) is 6.42 Å². The molecular formula is C16H16O4. The Kier molecular flexibility index (Phi) is 4.25. The van der Waals surface area contributed by atoms with Crippen molar-refractivity contribution in [1.29, 1.82) is 0 Å². The number of methoxy groups -OCH3 is 1. The number of hydrogen-bond donors (Lipinski definition) is 1. The van der Waals surface area contributed by atoms with Gasteiger partial charge in [0.1, 0.15) is 5.75 Å². The highest BCUT2D eigenvalue weighted by atomic mass is 16.5. The van der Waals surface area contributed by atoms with Crippen LogP contribution in [0.1, 0.15) is 22.8 Å². The Hall–Kier alpha value is -2.49. The second-order valence-electron chi connectivity index (χ2n) is 4.27. The maximum absolute atomic E-state index is 12.0. The summed E-state index contributed by atoms with van der Waals surface area (Å²) in [5, 5.41) is 9.49. The van der Waals surface area contributed by atoms with Crippen LogP contribution >= 0.6 is 0 Å². The van der Waals surface area contributed by atoms with Gasteiger partial charge in [0, 0.05) is 0 Å². The van der Waals surface area contributed by atoms with E-state index in [2.05, 4.69) is 6.92 Å². The Bertz CT molecular complexity index is 602. The monoisotopic (exact) mass is 272 g/mol. The lowest BCUT2D eigenvalue weighted by Gasteiger charge is -2.07. The maximum atomic E-state index is 12.0. The molecule has 2 aromatic carbocycles. The van der Waals surface area contributed by atoms with Crippen molar-refractivity contribution in [2.24, 2.45) is 0 Å². The van der Waals surface area contributed by atoms with Crippen molar-refractivity contribution in [3.63, 3.8) is 0 Å². The molecule has 0 heterocycles. The van der Waals surface area contributed by atoms with E-state index in [4.69, 9.17) is 9.47 Å². The first-order chi connectivity index (χ1) is 9.63. The zero-order valence-corrected chi connectivity index (χ0v) is 11.4. The average molecular weight is 272 g/mol. The number of carbonyl (C=O) groups is 1. The number of ether oxygens (including phenoxy) is 2. The second kappa shape index (κ2) is 6.10. The first kappa shape index (κ1) is 13.9. The van der Waals surface area contributed by atoms with E-state index in [0.717, 1.165) is 6.42 Å². The van der Waals surface area contributed by atoms with E-state index in [1.807, 2.05) is 12.1 Å².